The van der Waals surface area contributed by atoms with Gasteiger partial charge in [-0.15, -0.1) is 0 Å². The molecule has 4 heteroatoms. The molecule has 0 aliphatic rings. The van der Waals surface area contributed by atoms with E-state index in [0.29, 0.717) is 5.92 Å². The quantitative estimate of drug-likeness (QED) is 0.790. The zero-order valence-corrected chi connectivity index (χ0v) is 11.4. The van der Waals surface area contributed by atoms with Gasteiger partial charge in [-0.25, -0.2) is 4.98 Å². The van der Waals surface area contributed by atoms with Gasteiger partial charge >= 0.3 is 0 Å². The molecule has 2 N–H and O–H groups in total. The fourth-order valence-corrected chi connectivity index (χ4v) is 2.24. The second kappa shape index (κ2) is 6.77. The average Bonchev–Trinajstić information content (AvgIpc) is 2.66. The van der Waals surface area contributed by atoms with Crippen LogP contribution >= 0.6 is 0 Å². The Morgan fingerprint density at radius 2 is 2.18 bits per heavy atom. The number of hydrogen-bond donors (Lipinski definition) is 1. The zero-order chi connectivity index (χ0) is 12.8. The van der Waals surface area contributed by atoms with Crippen LogP contribution < -0.4 is 5.73 Å². The van der Waals surface area contributed by atoms with E-state index in [1.165, 1.54) is 0 Å². The van der Waals surface area contributed by atoms with Crippen molar-refractivity contribution in [3.63, 3.8) is 0 Å². The predicted octanol–water partition coefficient (Wildman–Crippen LogP) is 1.83. The standard InChI is InChI=1S/C13H25N3O/c1-5-7-16-8-6-15-12(16)9-11(14)13(17-4)10(2)3/h6,8,10-11,13H,5,7,9,14H2,1-4H3. The van der Waals surface area contributed by atoms with Gasteiger partial charge in [-0.3, -0.25) is 0 Å². The zero-order valence-electron chi connectivity index (χ0n) is 11.4. The summed E-state index contributed by atoms with van der Waals surface area (Å²) in [6.07, 6.45) is 5.82. The topological polar surface area (TPSA) is 53.1 Å². The van der Waals surface area contributed by atoms with Crippen LogP contribution in [-0.4, -0.2) is 28.8 Å². The number of aromatic nitrogens is 2. The van der Waals surface area contributed by atoms with E-state index in [9.17, 15) is 0 Å². The maximum atomic E-state index is 6.21. The molecule has 0 aromatic carbocycles. The van der Waals surface area contributed by atoms with E-state index < -0.39 is 0 Å². The lowest BCUT2D eigenvalue weighted by atomic mass is 9.97. The van der Waals surface area contributed by atoms with Gasteiger partial charge in [0.1, 0.15) is 5.82 Å². The number of methoxy groups -OCH3 is 1. The molecule has 17 heavy (non-hydrogen) atoms. The van der Waals surface area contributed by atoms with Crippen molar-refractivity contribution in [2.45, 2.75) is 52.3 Å². The molecule has 0 amide bonds. The van der Waals surface area contributed by atoms with Gasteiger partial charge < -0.3 is 15.0 Å². The van der Waals surface area contributed by atoms with Crippen molar-refractivity contribution in [1.82, 2.24) is 9.55 Å². The maximum absolute atomic E-state index is 6.21. The van der Waals surface area contributed by atoms with E-state index >= 15 is 0 Å². The largest absolute Gasteiger partial charge is 0.380 e. The first-order valence-electron chi connectivity index (χ1n) is 6.38. The van der Waals surface area contributed by atoms with Crippen LogP contribution in [0.3, 0.4) is 0 Å². The monoisotopic (exact) mass is 239 g/mol. The van der Waals surface area contributed by atoms with E-state index in [0.717, 1.165) is 25.2 Å². The Hall–Kier alpha value is -0.870. The number of nitrogens with two attached hydrogens (primary N) is 1. The van der Waals surface area contributed by atoms with Gasteiger partial charge in [0.05, 0.1) is 6.10 Å². The van der Waals surface area contributed by atoms with Crippen LogP contribution in [-0.2, 0) is 17.7 Å². The van der Waals surface area contributed by atoms with Gasteiger partial charge in [0.25, 0.3) is 0 Å². The Balaban J connectivity index is 2.66. The van der Waals surface area contributed by atoms with Crippen LogP contribution in [0.5, 0.6) is 0 Å². The minimum atomic E-state index is -0.00185. The first-order valence-corrected chi connectivity index (χ1v) is 6.38. The lowest BCUT2D eigenvalue weighted by Gasteiger charge is -2.25. The third kappa shape index (κ3) is 3.82. The fourth-order valence-electron chi connectivity index (χ4n) is 2.24. The molecule has 0 saturated carbocycles. The molecule has 0 fully saturated rings. The van der Waals surface area contributed by atoms with Crippen LogP contribution in [0.25, 0.3) is 0 Å². The Bertz CT molecular complexity index is 322. The molecule has 0 bridgehead atoms. The summed E-state index contributed by atoms with van der Waals surface area (Å²) in [4.78, 5) is 4.38. The van der Waals surface area contributed by atoms with Crippen molar-refractivity contribution in [1.29, 1.82) is 0 Å². The summed E-state index contributed by atoms with van der Waals surface area (Å²) in [5.74, 6) is 1.48. The van der Waals surface area contributed by atoms with Crippen LogP contribution in [0.1, 0.15) is 33.0 Å². The lowest BCUT2D eigenvalue weighted by molar-refractivity contribution is 0.0434. The molecule has 0 aliphatic heterocycles. The van der Waals surface area contributed by atoms with Gasteiger partial charge in [0, 0.05) is 38.5 Å². The summed E-state index contributed by atoms with van der Waals surface area (Å²) < 4.78 is 7.63. The number of nitrogens with zero attached hydrogens (tertiary/aromatic N) is 2. The number of hydrogen-bond acceptors (Lipinski definition) is 3. The van der Waals surface area contributed by atoms with Crippen LogP contribution in [0, 0.1) is 5.92 Å². The Labute approximate surface area is 104 Å². The van der Waals surface area contributed by atoms with E-state index in [4.69, 9.17) is 10.5 Å². The van der Waals surface area contributed by atoms with Crippen molar-refractivity contribution in [3.05, 3.63) is 18.2 Å². The highest BCUT2D eigenvalue weighted by Crippen LogP contribution is 2.13. The molecule has 1 aromatic rings. The number of rotatable bonds is 7. The van der Waals surface area contributed by atoms with Gasteiger partial charge in [0.15, 0.2) is 0 Å². The smallest absolute Gasteiger partial charge is 0.110 e. The molecule has 2 unspecified atom stereocenters. The van der Waals surface area contributed by atoms with E-state index in [2.05, 4.69) is 30.3 Å². The fraction of sp³-hybridized carbons (Fsp3) is 0.769. The molecule has 0 spiro atoms. The highest BCUT2D eigenvalue weighted by Gasteiger charge is 2.22. The van der Waals surface area contributed by atoms with E-state index in [-0.39, 0.29) is 12.1 Å². The minimum Gasteiger partial charge on any atom is -0.380 e. The Kier molecular flexibility index (Phi) is 5.65. The summed E-state index contributed by atoms with van der Waals surface area (Å²) in [6, 6.07) is -0.00185. The Morgan fingerprint density at radius 1 is 1.47 bits per heavy atom. The molecule has 1 rings (SSSR count). The van der Waals surface area contributed by atoms with Crippen molar-refractivity contribution in [3.8, 4) is 0 Å². The second-order valence-electron chi connectivity index (χ2n) is 4.85. The molecule has 0 radical (unpaired) electrons. The van der Waals surface area contributed by atoms with Gasteiger partial charge in [-0.2, -0.15) is 0 Å². The second-order valence-corrected chi connectivity index (χ2v) is 4.85. The van der Waals surface area contributed by atoms with E-state index in [1.54, 1.807) is 7.11 Å². The molecule has 1 heterocycles. The third-order valence-electron chi connectivity index (χ3n) is 3.04. The molecule has 0 aliphatic carbocycles. The molecule has 4 nitrogen and oxygen atoms in total. The van der Waals surface area contributed by atoms with Crippen molar-refractivity contribution in [2.24, 2.45) is 11.7 Å². The third-order valence-corrected chi connectivity index (χ3v) is 3.04. The van der Waals surface area contributed by atoms with Crippen LogP contribution in [0.15, 0.2) is 12.4 Å². The predicted molar refractivity (Wildman–Crippen MR) is 69.8 cm³/mol. The molecular formula is C13H25N3O. The molecule has 1 aromatic heterocycles. The van der Waals surface area contributed by atoms with Crippen molar-refractivity contribution >= 4 is 0 Å². The molecule has 0 saturated heterocycles. The molecule has 2 atom stereocenters. The summed E-state index contributed by atoms with van der Waals surface area (Å²) >= 11 is 0. The highest BCUT2D eigenvalue weighted by atomic mass is 16.5. The SMILES string of the molecule is CCCn1ccnc1CC(N)C(OC)C(C)C. The average molecular weight is 239 g/mol. The minimum absolute atomic E-state index is 0.00185. The lowest BCUT2D eigenvalue weighted by Crippen LogP contribution is -2.41. The van der Waals surface area contributed by atoms with Crippen molar-refractivity contribution < 1.29 is 4.74 Å². The molecular weight excluding hydrogens is 214 g/mol. The van der Waals surface area contributed by atoms with Gasteiger partial charge in [-0.1, -0.05) is 20.8 Å². The highest BCUT2D eigenvalue weighted by molar-refractivity contribution is 4.97. The first kappa shape index (κ1) is 14.2. The normalized spacial score (nSPS) is 15.2. The van der Waals surface area contributed by atoms with Gasteiger partial charge in [-0.05, 0) is 12.3 Å². The summed E-state index contributed by atoms with van der Waals surface area (Å²) in [6.45, 7) is 7.43. The van der Waals surface area contributed by atoms with Crippen LogP contribution in [0.2, 0.25) is 0 Å². The maximum Gasteiger partial charge on any atom is 0.110 e. The summed E-state index contributed by atoms with van der Waals surface area (Å²) in [5.41, 5.74) is 6.21. The van der Waals surface area contributed by atoms with Crippen molar-refractivity contribution in [2.75, 3.05) is 7.11 Å². The number of imidazole rings is 1. The van der Waals surface area contributed by atoms with E-state index in [1.807, 2.05) is 12.4 Å². The summed E-state index contributed by atoms with van der Waals surface area (Å²) in [7, 11) is 1.73. The summed E-state index contributed by atoms with van der Waals surface area (Å²) in [5, 5.41) is 0. The molecule has 98 valence electrons. The Morgan fingerprint density at radius 3 is 2.71 bits per heavy atom. The number of ether oxygens (including phenoxy) is 1. The van der Waals surface area contributed by atoms with Gasteiger partial charge in [0.2, 0.25) is 0 Å². The first-order chi connectivity index (χ1) is 8.10. The van der Waals surface area contributed by atoms with Crippen LogP contribution in [0.4, 0.5) is 0 Å². The number of aryl methyl sites for hydroxylation is 1.